The normalized spacial score (nSPS) is 27.2. The van der Waals surface area contributed by atoms with Gasteiger partial charge in [0.15, 0.2) is 11.8 Å². The topological polar surface area (TPSA) is 89.5 Å². The zero-order valence-electron chi connectivity index (χ0n) is 13.9. The van der Waals surface area contributed by atoms with Crippen molar-refractivity contribution in [2.75, 3.05) is 13.2 Å². The number of aliphatic hydroxyl groups excluding tert-OH is 1. The fourth-order valence-corrected chi connectivity index (χ4v) is 3.97. The zero-order valence-corrected chi connectivity index (χ0v) is 16.3. The highest BCUT2D eigenvalue weighted by Gasteiger charge is 2.48. The standard InChI is InChI=1S/C18H15BrClN3O4/c19-9-3-1-8(2-4-9)14-10(20)5-11-17(22-14)23-18(21-11)27-13-7-26-15-12(24)6-25-16(13)15/h1-5,12-13,15-16,24H,6-7H2,(H,21,22,23)/t12-,13-,15?,16-/m1/s1. The molecule has 5 rings (SSSR count). The van der Waals surface area contributed by atoms with Crippen LogP contribution in [-0.4, -0.2) is 57.7 Å². The first-order valence-electron chi connectivity index (χ1n) is 8.48. The van der Waals surface area contributed by atoms with Gasteiger partial charge in [0.25, 0.3) is 6.01 Å². The average Bonchev–Trinajstić information content (AvgIpc) is 3.33. The molecular formula is C18H15BrClN3O4. The molecule has 3 aromatic rings. The molecule has 0 bridgehead atoms. The molecule has 4 atom stereocenters. The largest absolute Gasteiger partial charge is 0.456 e. The lowest BCUT2D eigenvalue weighted by molar-refractivity contribution is 0.00706. The van der Waals surface area contributed by atoms with Crippen LogP contribution in [0.1, 0.15) is 0 Å². The quantitative estimate of drug-likeness (QED) is 0.635. The van der Waals surface area contributed by atoms with Crippen molar-refractivity contribution in [1.82, 2.24) is 15.0 Å². The number of halogens is 2. The van der Waals surface area contributed by atoms with Crippen molar-refractivity contribution in [3.8, 4) is 17.3 Å². The lowest BCUT2D eigenvalue weighted by Gasteiger charge is -2.15. The predicted octanol–water partition coefficient (Wildman–Crippen LogP) is 2.95. The van der Waals surface area contributed by atoms with Gasteiger partial charge in [0.2, 0.25) is 0 Å². The van der Waals surface area contributed by atoms with E-state index in [9.17, 15) is 5.11 Å². The number of aromatic nitrogens is 3. The van der Waals surface area contributed by atoms with Crippen LogP contribution in [0, 0.1) is 0 Å². The maximum absolute atomic E-state index is 9.83. The van der Waals surface area contributed by atoms with Crippen LogP contribution in [0.4, 0.5) is 0 Å². The second-order valence-electron chi connectivity index (χ2n) is 6.56. The van der Waals surface area contributed by atoms with E-state index in [1.165, 1.54) is 0 Å². The highest BCUT2D eigenvalue weighted by Crippen LogP contribution is 2.32. The highest BCUT2D eigenvalue weighted by atomic mass is 79.9. The van der Waals surface area contributed by atoms with Crippen LogP contribution in [0.5, 0.6) is 6.01 Å². The molecule has 0 amide bonds. The summed E-state index contributed by atoms with van der Waals surface area (Å²) in [5.74, 6) is 0. The smallest absolute Gasteiger partial charge is 0.296 e. The van der Waals surface area contributed by atoms with Gasteiger partial charge in [-0.15, -0.1) is 0 Å². The molecule has 0 saturated carbocycles. The molecule has 0 aliphatic carbocycles. The molecule has 4 heterocycles. The van der Waals surface area contributed by atoms with Gasteiger partial charge in [-0.3, -0.25) is 0 Å². The molecule has 2 aliphatic heterocycles. The second-order valence-corrected chi connectivity index (χ2v) is 7.88. The summed E-state index contributed by atoms with van der Waals surface area (Å²) in [5, 5.41) is 10.3. The van der Waals surface area contributed by atoms with Gasteiger partial charge in [-0.05, 0) is 18.2 Å². The molecular weight excluding hydrogens is 438 g/mol. The van der Waals surface area contributed by atoms with Crippen molar-refractivity contribution >= 4 is 38.7 Å². The van der Waals surface area contributed by atoms with Gasteiger partial charge < -0.3 is 24.3 Å². The Hall–Kier alpha value is -1.71. The second kappa shape index (κ2) is 6.72. The summed E-state index contributed by atoms with van der Waals surface area (Å²) in [4.78, 5) is 12.1. The van der Waals surface area contributed by atoms with E-state index < -0.39 is 6.10 Å². The maximum Gasteiger partial charge on any atom is 0.296 e. The minimum absolute atomic E-state index is 0.253. The van der Waals surface area contributed by atoms with Crippen molar-refractivity contribution in [2.24, 2.45) is 0 Å². The predicted molar refractivity (Wildman–Crippen MR) is 102 cm³/mol. The number of aromatic amines is 1. The first-order valence-corrected chi connectivity index (χ1v) is 9.66. The molecule has 1 aromatic carbocycles. The fourth-order valence-electron chi connectivity index (χ4n) is 3.45. The van der Waals surface area contributed by atoms with E-state index in [1.54, 1.807) is 6.07 Å². The van der Waals surface area contributed by atoms with E-state index in [-0.39, 0.29) is 24.9 Å². The third kappa shape index (κ3) is 3.11. The maximum atomic E-state index is 9.83. The molecule has 140 valence electrons. The van der Waals surface area contributed by atoms with Crippen LogP contribution < -0.4 is 4.74 Å². The van der Waals surface area contributed by atoms with Crippen LogP contribution in [0.25, 0.3) is 22.4 Å². The molecule has 9 heteroatoms. The van der Waals surface area contributed by atoms with E-state index >= 15 is 0 Å². The number of rotatable bonds is 3. The van der Waals surface area contributed by atoms with Crippen molar-refractivity contribution in [3.63, 3.8) is 0 Å². The third-order valence-corrected chi connectivity index (χ3v) is 5.58. The van der Waals surface area contributed by atoms with Crippen molar-refractivity contribution in [2.45, 2.75) is 24.4 Å². The molecule has 2 saturated heterocycles. The lowest BCUT2D eigenvalue weighted by atomic mass is 10.1. The van der Waals surface area contributed by atoms with Crippen LogP contribution in [0.15, 0.2) is 34.8 Å². The van der Waals surface area contributed by atoms with E-state index in [2.05, 4.69) is 30.9 Å². The number of fused-ring (bicyclic) bond motifs is 2. The number of H-pyrrole nitrogens is 1. The van der Waals surface area contributed by atoms with Gasteiger partial charge in [-0.1, -0.05) is 39.7 Å². The molecule has 0 radical (unpaired) electrons. The van der Waals surface area contributed by atoms with Crippen LogP contribution in [-0.2, 0) is 9.47 Å². The van der Waals surface area contributed by atoms with Gasteiger partial charge >= 0.3 is 0 Å². The van der Waals surface area contributed by atoms with Crippen molar-refractivity contribution in [3.05, 3.63) is 39.8 Å². The molecule has 2 aromatic heterocycles. The summed E-state index contributed by atoms with van der Waals surface area (Å²) in [6.07, 6.45) is -1.61. The first-order chi connectivity index (χ1) is 13.1. The molecule has 1 unspecified atom stereocenters. The van der Waals surface area contributed by atoms with Gasteiger partial charge in [-0.25, -0.2) is 4.98 Å². The summed E-state index contributed by atoms with van der Waals surface area (Å²) in [5.41, 5.74) is 2.74. The van der Waals surface area contributed by atoms with Gasteiger partial charge in [0, 0.05) is 10.0 Å². The SMILES string of the molecule is O[C@@H]1CO[C@H]2C1OC[C@H]2Oc1nc2nc(-c3ccc(Br)cc3)c(Cl)cc2[nH]1. The Bertz CT molecular complexity index is 996. The average molecular weight is 453 g/mol. The molecule has 27 heavy (non-hydrogen) atoms. The zero-order chi connectivity index (χ0) is 18.5. The van der Waals surface area contributed by atoms with Gasteiger partial charge in [0.1, 0.15) is 18.3 Å². The third-order valence-electron chi connectivity index (χ3n) is 4.77. The molecule has 7 nitrogen and oxygen atoms in total. The van der Waals surface area contributed by atoms with E-state index in [0.29, 0.717) is 34.5 Å². The number of nitrogens with one attached hydrogen (secondary N) is 1. The Morgan fingerprint density at radius 3 is 2.74 bits per heavy atom. The first kappa shape index (κ1) is 17.4. The Morgan fingerprint density at radius 1 is 1.15 bits per heavy atom. The van der Waals surface area contributed by atoms with Gasteiger partial charge in [-0.2, -0.15) is 4.98 Å². The number of hydrogen-bond acceptors (Lipinski definition) is 6. The lowest BCUT2D eigenvalue weighted by Crippen LogP contribution is -2.34. The van der Waals surface area contributed by atoms with Gasteiger partial charge in [0.05, 0.1) is 29.4 Å². The minimum atomic E-state index is -0.617. The number of nitrogens with zero attached hydrogens (tertiary/aromatic N) is 2. The number of ether oxygens (including phenoxy) is 3. The fraction of sp³-hybridized carbons (Fsp3) is 0.333. The van der Waals surface area contributed by atoms with E-state index in [1.807, 2.05) is 24.3 Å². The number of imidazole rings is 1. The molecule has 2 aliphatic rings. The van der Waals surface area contributed by atoms with Crippen LogP contribution >= 0.6 is 27.5 Å². The summed E-state index contributed by atoms with van der Waals surface area (Å²) in [6.45, 7) is 0.588. The van der Waals surface area contributed by atoms with Crippen LogP contribution in [0.3, 0.4) is 0 Å². The summed E-state index contributed by atoms with van der Waals surface area (Å²) in [7, 11) is 0. The Balaban J connectivity index is 1.43. The van der Waals surface area contributed by atoms with E-state index in [4.69, 9.17) is 25.8 Å². The number of benzene rings is 1. The Morgan fingerprint density at radius 2 is 1.93 bits per heavy atom. The Labute approximate surface area is 167 Å². The highest BCUT2D eigenvalue weighted by molar-refractivity contribution is 9.10. The van der Waals surface area contributed by atoms with Crippen molar-refractivity contribution in [1.29, 1.82) is 0 Å². The molecule has 2 N–H and O–H groups in total. The van der Waals surface area contributed by atoms with Crippen LogP contribution in [0.2, 0.25) is 5.02 Å². The van der Waals surface area contributed by atoms with E-state index in [0.717, 1.165) is 10.0 Å². The summed E-state index contributed by atoms with van der Waals surface area (Å²) in [6, 6.07) is 9.85. The number of hydrogen-bond donors (Lipinski definition) is 2. The number of pyridine rings is 1. The van der Waals surface area contributed by atoms with Crippen molar-refractivity contribution < 1.29 is 19.3 Å². The summed E-state index contributed by atoms with van der Waals surface area (Å²) >= 11 is 9.84. The number of aliphatic hydroxyl groups is 1. The summed E-state index contributed by atoms with van der Waals surface area (Å²) < 4.78 is 18.0. The minimum Gasteiger partial charge on any atom is -0.456 e. The Kier molecular flexibility index (Phi) is 4.33. The molecule has 2 fully saturated rings. The molecule has 0 spiro atoms. The monoisotopic (exact) mass is 451 g/mol.